The number of halogens is 2. The van der Waals surface area contributed by atoms with Crippen LogP contribution in [0.1, 0.15) is 5.82 Å². The summed E-state index contributed by atoms with van der Waals surface area (Å²) in [5.74, 6) is 0.724. The van der Waals surface area contributed by atoms with Crippen molar-refractivity contribution >= 4 is 47.7 Å². The molecular weight excluding hydrogens is 365 g/mol. The van der Waals surface area contributed by atoms with Crippen LogP contribution in [0, 0.1) is 0 Å². The maximum Gasteiger partial charge on any atom is 0.242 e. The second-order valence-electron chi connectivity index (χ2n) is 5.82. The maximum atomic E-state index is 12.4. The number of carbonyl (C=O) groups excluding carboxylic acids is 2. The first-order valence-corrected chi connectivity index (χ1v) is 7.69. The number of aromatic nitrogens is 2. The van der Waals surface area contributed by atoms with Gasteiger partial charge in [0.05, 0.1) is 30.7 Å². The van der Waals surface area contributed by atoms with E-state index in [0.29, 0.717) is 19.6 Å². The molecule has 0 saturated carbocycles. The lowest BCUT2D eigenvalue weighted by atomic mass is 10.3. The summed E-state index contributed by atoms with van der Waals surface area (Å²) in [5.41, 5.74) is 1.96. The van der Waals surface area contributed by atoms with Crippen LogP contribution in [0.4, 0.5) is 0 Å². The van der Waals surface area contributed by atoms with Crippen LogP contribution in [0.2, 0.25) is 0 Å². The molecule has 1 aromatic carbocycles. The van der Waals surface area contributed by atoms with Gasteiger partial charge in [0.1, 0.15) is 5.82 Å². The van der Waals surface area contributed by atoms with Gasteiger partial charge in [-0.05, 0) is 12.1 Å². The van der Waals surface area contributed by atoms with E-state index in [1.807, 2.05) is 35.9 Å². The number of nitrogens with zero attached hydrogens (tertiary/aromatic N) is 4. The fourth-order valence-corrected chi connectivity index (χ4v) is 2.73. The van der Waals surface area contributed by atoms with Gasteiger partial charge in [-0.2, -0.15) is 0 Å². The zero-order valence-corrected chi connectivity index (χ0v) is 15.9. The van der Waals surface area contributed by atoms with E-state index in [2.05, 4.69) is 10.3 Å². The molecule has 0 atom stereocenters. The third kappa shape index (κ3) is 4.62. The minimum absolute atomic E-state index is 0. The smallest absolute Gasteiger partial charge is 0.242 e. The Balaban J connectivity index is 0.00000156. The van der Waals surface area contributed by atoms with E-state index in [-0.39, 0.29) is 43.2 Å². The van der Waals surface area contributed by atoms with Gasteiger partial charge in [-0.15, -0.1) is 24.8 Å². The van der Waals surface area contributed by atoms with E-state index in [4.69, 9.17) is 0 Å². The molecule has 1 fully saturated rings. The largest absolute Gasteiger partial charge is 0.337 e. The molecule has 0 spiro atoms. The van der Waals surface area contributed by atoms with Gasteiger partial charge in [-0.1, -0.05) is 12.1 Å². The molecule has 1 N–H and O–H groups in total. The predicted octanol–water partition coefficient (Wildman–Crippen LogP) is 0.807. The molecule has 138 valence electrons. The number of para-hydroxylation sites is 2. The molecule has 0 bridgehead atoms. The fraction of sp³-hybridized carbons (Fsp3) is 0.438. The second kappa shape index (κ2) is 9.03. The van der Waals surface area contributed by atoms with Gasteiger partial charge in [0, 0.05) is 27.2 Å². The SMILES string of the molecule is CN(Cc1nc2ccccc2n1C)C(=O)CN1CCNCC1=O.Cl.Cl. The molecule has 1 saturated heterocycles. The average Bonchev–Trinajstić information content (AvgIpc) is 2.86. The first kappa shape index (κ1) is 21.2. The van der Waals surface area contributed by atoms with Crippen molar-refractivity contribution in [3.63, 3.8) is 0 Å². The van der Waals surface area contributed by atoms with Crippen molar-refractivity contribution in [3.8, 4) is 0 Å². The van der Waals surface area contributed by atoms with Crippen LogP contribution in [0.5, 0.6) is 0 Å². The van der Waals surface area contributed by atoms with Gasteiger partial charge in [-0.3, -0.25) is 9.59 Å². The molecule has 0 unspecified atom stereocenters. The molecular formula is C16H23Cl2N5O2. The number of amides is 2. The summed E-state index contributed by atoms with van der Waals surface area (Å²) >= 11 is 0. The van der Waals surface area contributed by atoms with Crippen molar-refractivity contribution < 1.29 is 9.59 Å². The van der Waals surface area contributed by atoms with Gasteiger partial charge >= 0.3 is 0 Å². The highest BCUT2D eigenvalue weighted by molar-refractivity contribution is 5.86. The van der Waals surface area contributed by atoms with Crippen LogP contribution in [0.3, 0.4) is 0 Å². The van der Waals surface area contributed by atoms with Gasteiger partial charge in [0.25, 0.3) is 0 Å². The zero-order chi connectivity index (χ0) is 16.4. The Morgan fingerprint density at radius 3 is 2.72 bits per heavy atom. The van der Waals surface area contributed by atoms with Gasteiger partial charge in [-0.25, -0.2) is 4.98 Å². The number of piperazine rings is 1. The minimum atomic E-state index is -0.0766. The van der Waals surface area contributed by atoms with Crippen molar-refractivity contribution in [3.05, 3.63) is 30.1 Å². The third-order valence-corrected chi connectivity index (χ3v) is 4.20. The van der Waals surface area contributed by atoms with Crippen LogP contribution in [-0.4, -0.2) is 64.4 Å². The fourth-order valence-electron chi connectivity index (χ4n) is 2.73. The van der Waals surface area contributed by atoms with Crippen LogP contribution < -0.4 is 5.32 Å². The van der Waals surface area contributed by atoms with Crippen molar-refractivity contribution in [2.75, 3.05) is 33.2 Å². The lowest BCUT2D eigenvalue weighted by Gasteiger charge is -2.28. The quantitative estimate of drug-likeness (QED) is 0.842. The van der Waals surface area contributed by atoms with Crippen LogP contribution in [0.25, 0.3) is 11.0 Å². The number of hydrogen-bond acceptors (Lipinski definition) is 4. The van der Waals surface area contributed by atoms with Crippen molar-refractivity contribution in [1.29, 1.82) is 0 Å². The first-order valence-electron chi connectivity index (χ1n) is 7.69. The van der Waals surface area contributed by atoms with E-state index in [9.17, 15) is 9.59 Å². The summed E-state index contributed by atoms with van der Waals surface area (Å²) in [7, 11) is 3.69. The summed E-state index contributed by atoms with van der Waals surface area (Å²) < 4.78 is 2.00. The Labute approximate surface area is 159 Å². The summed E-state index contributed by atoms with van der Waals surface area (Å²) in [6.07, 6.45) is 0. The maximum absolute atomic E-state index is 12.4. The molecule has 0 aliphatic carbocycles. The summed E-state index contributed by atoms with van der Waals surface area (Å²) in [6.45, 7) is 2.16. The minimum Gasteiger partial charge on any atom is -0.337 e. The normalized spacial score (nSPS) is 14.0. The van der Waals surface area contributed by atoms with E-state index in [1.54, 1.807) is 16.8 Å². The average molecular weight is 388 g/mol. The lowest BCUT2D eigenvalue weighted by molar-refractivity contribution is -0.140. The first-order chi connectivity index (χ1) is 11.1. The van der Waals surface area contributed by atoms with Gasteiger partial charge in [0.15, 0.2) is 0 Å². The van der Waals surface area contributed by atoms with E-state index in [0.717, 1.165) is 23.4 Å². The number of nitrogens with one attached hydrogen (secondary N) is 1. The Kier molecular flexibility index (Phi) is 7.66. The highest BCUT2D eigenvalue weighted by Crippen LogP contribution is 2.15. The number of likely N-dealkylation sites (N-methyl/N-ethyl adjacent to an activating group) is 1. The molecule has 2 heterocycles. The monoisotopic (exact) mass is 387 g/mol. The van der Waals surface area contributed by atoms with Gasteiger partial charge in [0.2, 0.25) is 11.8 Å². The zero-order valence-electron chi connectivity index (χ0n) is 14.3. The number of aryl methyl sites for hydroxylation is 1. The summed E-state index contributed by atoms with van der Waals surface area (Å²) in [4.78, 5) is 31.9. The predicted molar refractivity (Wildman–Crippen MR) is 101 cm³/mol. The van der Waals surface area contributed by atoms with E-state index < -0.39 is 0 Å². The number of imidazole rings is 1. The van der Waals surface area contributed by atoms with Crippen molar-refractivity contribution in [2.45, 2.75) is 6.54 Å². The molecule has 1 aliphatic heterocycles. The molecule has 3 rings (SSSR count). The molecule has 7 nitrogen and oxygen atoms in total. The van der Waals surface area contributed by atoms with Crippen LogP contribution >= 0.6 is 24.8 Å². The lowest BCUT2D eigenvalue weighted by Crippen LogP contribution is -2.51. The second-order valence-corrected chi connectivity index (χ2v) is 5.82. The highest BCUT2D eigenvalue weighted by atomic mass is 35.5. The third-order valence-electron chi connectivity index (χ3n) is 4.20. The number of rotatable bonds is 4. The number of carbonyl (C=O) groups is 2. The Bertz CT molecular complexity index is 749. The number of benzene rings is 1. The molecule has 2 amide bonds. The Morgan fingerprint density at radius 2 is 2.04 bits per heavy atom. The summed E-state index contributed by atoms with van der Waals surface area (Å²) in [6, 6.07) is 7.88. The van der Waals surface area contributed by atoms with Crippen LogP contribution in [0.15, 0.2) is 24.3 Å². The van der Waals surface area contributed by atoms with Crippen LogP contribution in [-0.2, 0) is 23.2 Å². The standard InChI is InChI=1S/C16H21N5O2.2ClH/c1-19(16(23)11-21-8-7-17-9-15(21)22)10-14-18-12-5-3-4-6-13(12)20(14)2;;/h3-6,17H,7-11H2,1-2H3;2*1H. The molecule has 1 aliphatic rings. The van der Waals surface area contributed by atoms with Gasteiger partial charge < -0.3 is 19.7 Å². The Hall–Kier alpha value is -1.83. The summed E-state index contributed by atoms with van der Waals surface area (Å²) in [5, 5.41) is 3.00. The number of hydrogen-bond donors (Lipinski definition) is 1. The van der Waals surface area contributed by atoms with E-state index >= 15 is 0 Å². The molecule has 1 aromatic heterocycles. The number of fused-ring (bicyclic) bond motifs is 1. The highest BCUT2D eigenvalue weighted by Gasteiger charge is 2.22. The Morgan fingerprint density at radius 1 is 1.32 bits per heavy atom. The van der Waals surface area contributed by atoms with Crippen molar-refractivity contribution in [2.24, 2.45) is 7.05 Å². The topological polar surface area (TPSA) is 70.5 Å². The van der Waals surface area contributed by atoms with Crippen molar-refractivity contribution in [1.82, 2.24) is 24.7 Å². The molecule has 2 aromatic rings. The van der Waals surface area contributed by atoms with E-state index in [1.165, 1.54) is 0 Å². The molecule has 25 heavy (non-hydrogen) atoms. The molecule has 9 heteroatoms. The molecule has 0 radical (unpaired) electrons.